The Morgan fingerprint density at radius 3 is 2.75 bits per heavy atom. The molecule has 1 saturated heterocycles. The molecule has 0 unspecified atom stereocenters. The summed E-state index contributed by atoms with van der Waals surface area (Å²) in [5, 5.41) is 3.05. The van der Waals surface area contributed by atoms with Gasteiger partial charge in [-0.2, -0.15) is 0 Å². The summed E-state index contributed by atoms with van der Waals surface area (Å²) in [6.07, 6.45) is 3.05. The summed E-state index contributed by atoms with van der Waals surface area (Å²) in [6.45, 7) is 1.94. The van der Waals surface area contributed by atoms with Gasteiger partial charge in [-0.1, -0.05) is 24.6 Å². The Labute approximate surface area is 147 Å². The minimum absolute atomic E-state index is 0.0777. The summed E-state index contributed by atoms with van der Waals surface area (Å²) < 4.78 is 5.37. The number of carbonyl (C=O) groups is 2. The quantitative estimate of drug-likeness (QED) is 0.888. The lowest BCUT2D eigenvalue weighted by Gasteiger charge is -2.32. The summed E-state index contributed by atoms with van der Waals surface area (Å²) in [5.41, 5.74) is 0.941. The van der Waals surface area contributed by atoms with Crippen LogP contribution >= 0.6 is 11.8 Å². The van der Waals surface area contributed by atoms with E-state index in [1.807, 2.05) is 31.2 Å². The molecule has 0 spiro atoms. The van der Waals surface area contributed by atoms with Gasteiger partial charge >= 0.3 is 0 Å². The van der Waals surface area contributed by atoms with Gasteiger partial charge in [0, 0.05) is 17.2 Å². The highest BCUT2D eigenvalue weighted by Crippen LogP contribution is 2.32. The molecule has 5 nitrogen and oxygen atoms in total. The van der Waals surface area contributed by atoms with E-state index in [0.717, 1.165) is 30.6 Å². The monoisotopic (exact) mass is 348 g/mol. The smallest absolute Gasteiger partial charge is 0.244 e. The fourth-order valence-corrected chi connectivity index (χ4v) is 4.34. The van der Waals surface area contributed by atoms with Gasteiger partial charge in [-0.05, 0) is 25.8 Å². The number of rotatable bonds is 5. The van der Waals surface area contributed by atoms with Crippen LogP contribution in [0.1, 0.15) is 37.8 Å². The number of ether oxygens (including phenoxy) is 1. The molecule has 2 amide bonds. The van der Waals surface area contributed by atoms with E-state index in [-0.39, 0.29) is 29.8 Å². The van der Waals surface area contributed by atoms with E-state index in [4.69, 9.17) is 4.74 Å². The lowest BCUT2D eigenvalue weighted by molar-refractivity contribution is -0.143. The van der Waals surface area contributed by atoms with Crippen LogP contribution in [-0.4, -0.2) is 41.5 Å². The second-order valence-electron chi connectivity index (χ2n) is 6.42. The van der Waals surface area contributed by atoms with Crippen molar-refractivity contribution >= 4 is 23.6 Å². The third-order valence-electron chi connectivity index (χ3n) is 4.89. The Hall–Kier alpha value is -1.69. The summed E-state index contributed by atoms with van der Waals surface area (Å²) in [5.74, 6) is 2.25. The number of benzene rings is 1. The molecule has 1 saturated carbocycles. The Bertz CT molecular complexity index is 618. The molecule has 24 heavy (non-hydrogen) atoms. The van der Waals surface area contributed by atoms with Crippen LogP contribution in [0.3, 0.4) is 0 Å². The van der Waals surface area contributed by atoms with E-state index in [0.29, 0.717) is 11.6 Å². The van der Waals surface area contributed by atoms with Crippen molar-refractivity contribution < 1.29 is 14.3 Å². The average Bonchev–Trinajstić information content (AvgIpc) is 3.02. The molecule has 3 rings (SSSR count). The zero-order chi connectivity index (χ0) is 17.1. The first-order chi connectivity index (χ1) is 11.6. The highest BCUT2D eigenvalue weighted by atomic mass is 32.2. The van der Waals surface area contributed by atoms with Gasteiger partial charge in [0.1, 0.15) is 11.8 Å². The summed E-state index contributed by atoms with van der Waals surface area (Å²) in [7, 11) is 1.63. The number of amides is 2. The maximum absolute atomic E-state index is 12.7. The number of carbonyl (C=O) groups excluding carboxylic acids is 2. The van der Waals surface area contributed by atoms with Gasteiger partial charge in [-0.3, -0.25) is 9.59 Å². The lowest BCUT2D eigenvalue weighted by Crippen LogP contribution is -2.50. The van der Waals surface area contributed by atoms with E-state index in [1.54, 1.807) is 23.8 Å². The minimum Gasteiger partial charge on any atom is -0.496 e. The van der Waals surface area contributed by atoms with Crippen LogP contribution in [0, 0.1) is 5.92 Å². The van der Waals surface area contributed by atoms with Crippen molar-refractivity contribution in [1.82, 2.24) is 10.2 Å². The Morgan fingerprint density at radius 1 is 1.33 bits per heavy atom. The van der Waals surface area contributed by atoms with Gasteiger partial charge in [0.25, 0.3) is 0 Å². The highest BCUT2D eigenvalue weighted by Gasteiger charge is 2.39. The van der Waals surface area contributed by atoms with Crippen molar-refractivity contribution in [2.75, 3.05) is 18.7 Å². The van der Waals surface area contributed by atoms with Crippen molar-refractivity contribution in [1.29, 1.82) is 0 Å². The van der Waals surface area contributed by atoms with Crippen LogP contribution in [0.4, 0.5) is 0 Å². The predicted molar refractivity (Wildman–Crippen MR) is 94.9 cm³/mol. The molecule has 1 N–H and O–H groups in total. The summed E-state index contributed by atoms with van der Waals surface area (Å²) >= 11 is 1.65. The number of hydrogen-bond acceptors (Lipinski definition) is 4. The van der Waals surface area contributed by atoms with E-state index >= 15 is 0 Å². The van der Waals surface area contributed by atoms with Crippen molar-refractivity contribution in [3.63, 3.8) is 0 Å². The van der Waals surface area contributed by atoms with Gasteiger partial charge in [-0.25, -0.2) is 0 Å². The second kappa shape index (κ2) is 7.47. The first-order valence-corrected chi connectivity index (χ1v) is 9.58. The Morgan fingerprint density at radius 2 is 2.08 bits per heavy atom. The van der Waals surface area contributed by atoms with Gasteiger partial charge in [-0.15, -0.1) is 11.8 Å². The van der Waals surface area contributed by atoms with Gasteiger partial charge < -0.3 is 15.0 Å². The summed E-state index contributed by atoms with van der Waals surface area (Å²) in [6, 6.07) is 7.14. The number of hydrogen-bond donors (Lipinski definition) is 1. The number of nitrogens with one attached hydrogen (secondary N) is 1. The van der Waals surface area contributed by atoms with Crippen LogP contribution in [0.25, 0.3) is 0 Å². The topological polar surface area (TPSA) is 58.6 Å². The normalized spacial score (nSPS) is 21.9. The van der Waals surface area contributed by atoms with E-state index < -0.39 is 0 Å². The van der Waals surface area contributed by atoms with Crippen molar-refractivity contribution in [3.8, 4) is 5.75 Å². The molecule has 0 radical (unpaired) electrons. The molecule has 6 heteroatoms. The van der Waals surface area contributed by atoms with Crippen LogP contribution in [0.2, 0.25) is 0 Å². The molecular formula is C18H24N2O3S. The molecule has 1 heterocycles. The van der Waals surface area contributed by atoms with Crippen molar-refractivity contribution in [2.45, 2.75) is 38.3 Å². The van der Waals surface area contributed by atoms with E-state index in [9.17, 15) is 9.59 Å². The largest absolute Gasteiger partial charge is 0.496 e. The molecule has 1 aliphatic heterocycles. The first kappa shape index (κ1) is 17.1. The number of para-hydroxylation sites is 1. The first-order valence-electron chi connectivity index (χ1n) is 8.43. The van der Waals surface area contributed by atoms with Crippen molar-refractivity contribution in [3.05, 3.63) is 29.8 Å². The van der Waals surface area contributed by atoms with Crippen LogP contribution in [-0.2, 0) is 9.59 Å². The third kappa shape index (κ3) is 3.38. The molecule has 130 valence electrons. The SMILES string of the molecule is COc1ccccc1[C@@H](C)NC(=O)[C@H]1CSCN1C(=O)C1CCC1. The number of thioether (sulfide) groups is 1. The van der Waals surface area contributed by atoms with Crippen LogP contribution in [0.5, 0.6) is 5.75 Å². The van der Waals surface area contributed by atoms with Gasteiger partial charge in [0.05, 0.1) is 19.0 Å². The highest BCUT2D eigenvalue weighted by molar-refractivity contribution is 7.99. The van der Waals surface area contributed by atoms with Gasteiger partial charge in [0.15, 0.2) is 0 Å². The minimum atomic E-state index is -0.361. The zero-order valence-electron chi connectivity index (χ0n) is 14.2. The van der Waals surface area contributed by atoms with Gasteiger partial charge in [0.2, 0.25) is 11.8 Å². The molecule has 2 aliphatic rings. The molecule has 2 atom stereocenters. The third-order valence-corrected chi connectivity index (χ3v) is 5.90. The molecular weight excluding hydrogens is 324 g/mol. The Kier molecular flexibility index (Phi) is 5.33. The van der Waals surface area contributed by atoms with Crippen molar-refractivity contribution in [2.24, 2.45) is 5.92 Å². The standard InChI is InChI=1S/C18H24N2O3S/c1-12(14-8-3-4-9-16(14)23-2)19-17(21)15-10-24-11-20(15)18(22)13-6-5-7-13/h3-4,8-9,12-13,15H,5-7,10-11H2,1-2H3,(H,19,21)/t12-,15-/m1/s1. The molecule has 0 aromatic heterocycles. The average molecular weight is 348 g/mol. The number of methoxy groups -OCH3 is 1. The second-order valence-corrected chi connectivity index (χ2v) is 7.42. The number of nitrogens with zero attached hydrogens (tertiary/aromatic N) is 1. The van der Waals surface area contributed by atoms with E-state index in [2.05, 4.69) is 5.32 Å². The predicted octanol–water partition coefficient (Wildman–Crippen LogP) is 2.57. The lowest BCUT2D eigenvalue weighted by atomic mass is 9.84. The van der Waals surface area contributed by atoms with E-state index in [1.165, 1.54) is 0 Å². The summed E-state index contributed by atoms with van der Waals surface area (Å²) in [4.78, 5) is 27.0. The Balaban J connectivity index is 1.66. The van der Waals surface area contributed by atoms with Crippen LogP contribution < -0.4 is 10.1 Å². The fraction of sp³-hybridized carbons (Fsp3) is 0.556. The zero-order valence-corrected chi connectivity index (χ0v) is 15.0. The molecule has 1 aromatic rings. The molecule has 1 aliphatic carbocycles. The van der Waals surface area contributed by atoms with Crippen LogP contribution in [0.15, 0.2) is 24.3 Å². The maximum atomic E-state index is 12.7. The molecule has 1 aromatic carbocycles. The maximum Gasteiger partial charge on any atom is 0.244 e. The molecule has 2 fully saturated rings. The molecule has 0 bridgehead atoms. The fourth-order valence-electron chi connectivity index (χ4n) is 3.18.